The molecule has 0 saturated carbocycles. The lowest BCUT2D eigenvalue weighted by Crippen LogP contribution is -2.33. The van der Waals surface area contributed by atoms with Crippen LogP contribution in [-0.2, 0) is 14.8 Å². The minimum atomic E-state index is -3.69. The Hall–Kier alpha value is -2.54. The zero-order valence-electron chi connectivity index (χ0n) is 14.7. The quantitative estimate of drug-likeness (QED) is 0.827. The van der Waals surface area contributed by atoms with Gasteiger partial charge in [0.2, 0.25) is 0 Å². The number of amides is 1. The largest absolute Gasteiger partial charge is 0.481 e. The molecule has 1 atom stereocenters. The van der Waals surface area contributed by atoms with Crippen LogP contribution in [0.25, 0.3) is 0 Å². The second-order valence-corrected chi connectivity index (χ2v) is 7.43. The number of hydrogen-bond donors (Lipinski definition) is 2. The average Bonchev–Trinajstić information content (AvgIpc) is 2.57. The molecule has 7 heteroatoms. The number of carbonyl (C=O) groups excluding carboxylic acids is 1. The number of rotatable bonds is 6. The molecule has 0 aliphatic heterocycles. The molecule has 2 aromatic rings. The molecular formula is C18H22N2O4S. The van der Waals surface area contributed by atoms with Crippen LogP contribution >= 0.6 is 0 Å². The highest BCUT2D eigenvalue weighted by Gasteiger charge is 2.16. The molecule has 2 rings (SSSR count). The Morgan fingerprint density at radius 1 is 1.04 bits per heavy atom. The van der Waals surface area contributed by atoms with Crippen LogP contribution in [0.3, 0.4) is 0 Å². The topological polar surface area (TPSA) is 84.5 Å². The van der Waals surface area contributed by atoms with Crippen LogP contribution in [0.2, 0.25) is 0 Å². The highest BCUT2D eigenvalue weighted by atomic mass is 32.2. The van der Waals surface area contributed by atoms with Gasteiger partial charge in [-0.2, -0.15) is 0 Å². The zero-order valence-corrected chi connectivity index (χ0v) is 15.5. The Morgan fingerprint density at radius 2 is 1.68 bits per heavy atom. The van der Waals surface area contributed by atoms with Crippen molar-refractivity contribution in [2.75, 3.05) is 11.8 Å². The molecule has 0 fully saturated rings. The smallest absolute Gasteiger partial charge is 0.261 e. The van der Waals surface area contributed by atoms with E-state index < -0.39 is 16.1 Å². The van der Waals surface area contributed by atoms with Crippen LogP contribution in [-0.4, -0.2) is 27.5 Å². The van der Waals surface area contributed by atoms with E-state index in [4.69, 9.17) is 4.74 Å². The van der Waals surface area contributed by atoms with E-state index >= 15 is 0 Å². The fraction of sp³-hybridized carbons (Fsp3) is 0.278. The molecular weight excluding hydrogens is 340 g/mol. The Kier molecular flexibility index (Phi) is 5.69. The number of aryl methyl sites for hydroxylation is 2. The normalized spacial score (nSPS) is 12.3. The highest BCUT2D eigenvalue weighted by molar-refractivity contribution is 7.92. The van der Waals surface area contributed by atoms with Crippen LogP contribution in [0, 0.1) is 13.8 Å². The Balaban J connectivity index is 2.14. The Morgan fingerprint density at radius 3 is 2.24 bits per heavy atom. The molecule has 0 spiro atoms. The zero-order chi connectivity index (χ0) is 18.6. The van der Waals surface area contributed by atoms with E-state index in [-0.39, 0.29) is 10.8 Å². The maximum Gasteiger partial charge on any atom is 0.261 e. The van der Waals surface area contributed by atoms with Crippen LogP contribution in [0.5, 0.6) is 5.75 Å². The molecule has 0 aromatic heterocycles. The van der Waals surface area contributed by atoms with Crippen LogP contribution in [0.15, 0.2) is 47.4 Å². The van der Waals surface area contributed by atoms with Gasteiger partial charge in [0.05, 0.1) is 4.90 Å². The number of nitrogens with one attached hydrogen (secondary N) is 2. The minimum absolute atomic E-state index is 0.116. The van der Waals surface area contributed by atoms with E-state index in [9.17, 15) is 13.2 Å². The molecule has 25 heavy (non-hydrogen) atoms. The van der Waals surface area contributed by atoms with E-state index in [2.05, 4.69) is 10.0 Å². The third-order valence-electron chi connectivity index (χ3n) is 3.82. The van der Waals surface area contributed by atoms with E-state index in [0.717, 1.165) is 11.1 Å². The number of carbonyl (C=O) groups is 1. The Bertz CT molecular complexity index is 861. The first-order valence-corrected chi connectivity index (χ1v) is 9.29. The van der Waals surface area contributed by atoms with Crippen molar-refractivity contribution in [2.45, 2.75) is 31.8 Å². The number of hydrogen-bond acceptors (Lipinski definition) is 4. The fourth-order valence-corrected chi connectivity index (χ4v) is 3.23. The van der Waals surface area contributed by atoms with E-state index in [1.165, 1.54) is 31.3 Å². The lowest BCUT2D eigenvalue weighted by atomic mass is 10.1. The number of benzene rings is 2. The van der Waals surface area contributed by atoms with Gasteiger partial charge < -0.3 is 10.1 Å². The monoisotopic (exact) mass is 362 g/mol. The summed E-state index contributed by atoms with van der Waals surface area (Å²) in [6.45, 7) is 5.50. The summed E-state index contributed by atoms with van der Waals surface area (Å²) in [7, 11) is -2.17. The SMILES string of the molecule is CNC(=O)[C@@H](C)Oc1ccc(S(=O)(=O)Nc2ccc(C)c(C)c2)cc1. The highest BCUT2D eigenvalue weighted by Crippen LogP contribution is 2.21. The second-order valence-electron chi connectivity index (χ2n) is 5.75. The average molecular weight is 362 g/mol. The van der Waals surface area contributed by atoms with Crippen LogP contribution in [0.4, 0.5) is 5.69 Å². The first-order valence-electron chi connectivity index (χ1n) is 7.81. The molecule has 134 valence electrons. The van der Waals surface area contributed by atoms with Crippen molar-refractivity contribution in [1.82, 2.24) is 5.32 Å². The summed E-state index contributed by atoms with van der Waals surface area (Å²) in [5, 5.41) is 2.49. The Labute approximate surface area is 148 Å². The van der Waals surface area contributed by atoms with Gasteiger partial charge in [-0.05, 0) is 68.3 Å². The summed E-state index contributed by atoms with van der Waals surface area (Å²) in [4.78, 5) is 11.6. The molecule has 0 aliphatic carbocycles. The van der Waals surface area contributed by atoms with Gasteiger partial charge in [0.25, 0.3) is 15.9 Å². The van der Waals surface area contributed by atoms with Crippen molar-refractivity contribution >= 4 is 21.6 Å². The van der Waals surface area contributed by atoms with Gasteiger partial charge in [0, 0.05) is 12.7 Å². The first-order chi connectivity index (χ1) is 11.7. The summed E-state index contributed by atoms with van der Waals surface area (Å²) < 4.78 is 33.0. The lowest BCUT2D eigenvalue weighted by molar-refractivity contribution is -0.126. The summed E-state index contributed by atoms with van der Waals surface area (Å²) in [5.74, 6) is 0.161. The van der Waals surface area contributed by atoms with Crippen molar-refractivity contribution in [1.29, 1.82) is 0 Å². The first kappa shape index (κ1) is 18.8. The predicted octanol–water partition coefficient (Wildman–Crippen LogP) is 2.62. The second kappa shape index (κ2) is 7.57. The van der Waals surface area contributed by atoms with Gasteiger partial charge in [-0.25, -0.2) is 8.42 Å². The molecule has 0 unspecified atom stereocenters. The molecule has 1 amide bonds. The van der Waals surface area contributed by atoms with E-state index in [0.29, 0.717) is 11.4 Å². The maximum atomic E-state index is 12.5. The van der Waals surface area contributed by atoms with Gasteiger partial charge in [-0.15, -0.1) is 0 Å². The fourth-order valence-electron chi connectivity index (χ4n) is 2.18. The van der Waals surface area contributed by atoms with E-state index in [1.807, 2.05) is 19.9 Å². The van der Waals surface area contributed by atoms with Crippen LogP contribution in [0.1, 0.15) is 18.1 Å². The number of likely N-dealkylation sites (N-methyl/N-ethyl adjacent to an activating group) is 1. The molecule has 2 N–H and O–H groups in total. The molecule has 6 nitrogen and oxygen atoms in total. The van der Waals surface area contributed by atoms with Gasteiger partial charge in [-0.1, -0.05) is 6.07 Å². The molecule has 0 saturated heterocycles. The predicted molar refractivity (Wildman–Crippen MR) is 97.3 cm³/mol. The van der Waals surface area contributed by atoms with Crippen LogP contribution < -0.4 is 14.8 Å². The molecule has 0 aliphatic rings. The number of sulfonamides is 1. The number of ether oxygens (including phenoxy) is 1. The van der Waals surface area contributed by atoms with Crippen molar-refractivity contribution in [2.24, 2.45) is 0 Å². The van der Waals surface area contributed by atoms with Gasteiger partial charge in [-0.3, -0.25) is 9.52 Å². The van der Waals surface area contributed by atoms with Crippen molar-refractivity contribution < 1.29 is 17.9 Å². The summed E-state index contributed by atoms with van der Waals surface area (Å²) in [5.41, 5.74) is 2.61. The summed E-state index contributed by atoms with van der Waals surface area (Å²) in [6.07, 6.45) is -0.666. The molecule has 0 radical (unpaired) electrons. The number of anilines is 1. The minimum Gasteiger partial charge on any atom is -0.481 e. The summed E-state index contributed by atoms with van der Waals surface area (Å²) in [6, 6.07) is 11.3. The summed E-state index contributed by atoms with van der Waals surface area (Å²) >= 11 is 0. The van der Waals surface area contributed by atoms with Crippen molar-refractivity contribution in [3.8, 4) is 5.75 Å². The van der Waals surface area contributed by atoms with Gasteiger partial charge in [0.15, 0.2) is 6.10 Å². The maximum absolute atomic E-state index is 12.5. The van der Waals surface area contributed by atoms with Crippen molar-refractivity contribution in [3.05, 3.63) is 53.6 Å². The van der Waals surface area contributed by atoms with Gasteiger partial charge >= 0.3 is 0 Å². The molecule has 2 aromatic carbocycles. The van der Waals surface area contributed by atoms with Gasteiger partial charge in [0.1, 0.15) is 5.75 Å². The molecule has 0 bridgehead atoms. The standard InChI is InChI=1S/C18H22N2O4S/c1-12-5-6-15(11-13(12)2)20-25(22,23)17-9-7-16(8-10-17)24-14(3)18(21)19-4/h5-11,14,20H,1-4H3,(H,19,21)/t14-/m1/s1. The molecule has 0 heterocycles. The lowest BCUT2D eigenvalue weighted by Gasteiger charge is -2.14. The third kappa shape index (κ3) is 4.73. The van der Waals surface area contributed by atoms with Crippen molar-refractivity contribution in [3.63, 3.8) is 0 Å². The van der Waals surface area contributed by atoms with E-state index in [1.54, 1.807) is 19.1 Å². The third-order valence-corrected chi connectivity index (χ3v) is 5.22.